The molecule has 1 unspecified atom stereocenters. The SMILES string of the molecule is N[C@H](c1cn2nc(CC3C[C@@H](C(F)(F)F)CNC3=O)ccc2n1)C(C1CC1)C1CC1. The van der Waals surface area contributed by atoms with Gasteiger partial charge in [0.05, 0.1) is 29.5 Å². The molecule has 2 aliphatic carbocycles. The number of imidazole rings is 1. The molecule has 3 heterocycles. The number of hydrogen-bond donors (Lipinski definition) is 2. The molecular formula is C21H26F3N5O. The van der Waals surface area contributed by atoms with Crippen molar-refractivity contribution in [3.63, 3.8) is 0 Å². The lowest BCUT2D eigenvalue weighted by Gasteiger charge is -2.30. The molecule has 2 aromatic rings. The first-order valence-electron chi connectivity index (χ1n) is 10.7. The number of nitrogens with two attached hydrogens (primary N) is 1. The molecule has 2 saturated carbocycles. The highest BCUT2D eigenvalue weighted by atomic mass is 19.4. The number of nitrogens with zero attached hydrogens (tertiary/aromatic N) is 3. The zero-order chi connectivity index (χ0) is 21.0. The smallest absolute Gasteiger partial charge is 0.355 e. The highest BCUT2D eigenvalue weighted by molar-refractivity contribution is 5.79. The van der Waals surface area contributed by atoms with E-state index in [2.05, 4.69) is 15.4 Å². The predicted octanol–water partition coefficient (Wildman–Crippen LogP) is 3.02. The van der Waals surface area contributed by atoms with Crippen molar-refractivity contribution in [3.8, 4) is 0 Å². The number of alkyl halides is 3. The van der Waals surface area contributed by atoms with Gasteiger partial charge in [-0.3, -0.25) is 4.79 Å². The standard InChI is InChI=1S/C21H26F3N5O/c22-21(23,24)14-7-13(20(30)26-9-14)8-15-5-6-17-27-16(10-29(17)28-15)19(25)18(11-1-2-11)12-3-4-12/h5-6,10-14,18-19H,1-4,7-9,25H2,(H,26,30)/t13?,14-,19-/m1/s1. The Bertz CT molecular complexity index is 938. The number of piperidine rings is 1. The zero-order valence-corrected chi connectivity index (χ0v) is 16.6. The number of amides is 1. The molecule has 0 radical (unpaired) electrons. The summed E-state index contributed by atoms with van der Waals surface area (Å²) in [6, 6.07) is 3.41. The topological polar surface area (TPSA) is 85.3 Å². The van der Waals surface area contributed by atoms with Gasteiger partial charge in [0.15, 0.2) is 5.65 Å². The van der Waals surface area contributed by atoms with Gasteiger partial charge in [-0.2, -0.15) is 18.3 Å². The van der Waals surface area contributed by atoms with Crippen LogP contribution in [0.4, 0.5) is 13.2 Å². The number of fused-ring (bicyclic) bond motifs is 1. The summed E-state index contributed by atoms with van der Waals surface area (Å²) in [5, 5.41) is 6.90. The van der Waals surface area contributed by atoms with Gasteiger partial charge in [-0.25, -0.2) is 9.50 Å². The van der Waals surface area contributed by atoms with Crippen molar-refractivity contribution in [1.29, 1.82) is 0 Å². The normalized spacial score (nSPS) is 26.2. The van der Waals surface area contributed by atoms with Crippen molar-refractivity contribution in [3.05, 3.63) is 29.7 Å². The van der Waals surface area contributed by atoms with Crippen LogP contribution in [0.25, 0.3) is 5.65 Å². The fraction of sp³-hybridized carbons (Fsp3) is 0.667. The van der Waals surface area contributed by atoms with Crippen LogP contribution in [-0.2, 0) is 11.2 Å². The Labute approximate surface area is 172 Å². The maximum Gasteiger partial charge on any atom is 0.393 e. The van der Waals surface area contributed by atoms with Crippen LogP contribution in [0.5, 0.6) is 0 Å². The molecule has 5 rings (SSSR count). The second-order valence-corrected chi connectivity index (χ2v) is 9.19. The monoisotopic (exact) mass is 421 g/mol. The molecule has 6 nitrogen and oxygen atoms in total. The summed E-state index contributed by atoms with van der Waals surface area (Å²) in [5.74, 6) is -0.722. The average Bonchev–Trinajstić information content (AvgIpc) is 3.62. The lowest BCUT2D eigenvalue weighted by molar-refractivity contribution is -0.183. The van der Waals surface area contributed by atoms with Gasteiger partial charge in [-0.15, -0.1) is 0 Å². The van der Waals surface area contributed by atoms with Crippen molar-refractivity contribution >= 4 is 11.6 Å². The quantitative estimate of drug-likeness (QED) is 0.751. The van der Waals surface area contributed by atoms with E-state index in [0.29, 0.717) is 29.1 Å². The van der Waals surface area contributed by atoms with Crippen LogP contribution in [0, 0.1) is 29.6 Å². The summed E-state index contributed by atoms with van der Waals surface area (Å²) in [6.07, 6.45) is 2.46. The molecule has 2 aromatic heterocycles. The van der Waals surface area contributed by atoms with Crippen molar-refractivity contribution in [2.45, 2.75) is 50.7 Å². The van der Waals surface area contributed by atoms with Gasteiger partial charge in [0, 0.05) is 18.9 Å². The number of carbonyl (C=O) groups excluding carboxylic acids is 1. The second kappa shape index (κ2) is 7.21. The fourth-order valence-corrected chi connectivity index (χ4v) is 4.92. The molecule has 30 heavy (non-hydrogen) atoms. The van der Waals surface area contributed by atoms with E-state index in [9.17, 15) is 18.0 Å². The lowest BCUT2D eigenvalue weighted by Crippen LogP contribution is -2.47. The van der Waals surface area contributed by atoms with Gasteiger partial charge in [0.2, 0.25) is 5.91 Å². The van der Waals surface area contributed by atoms with E-state index in [4.69, 9.17) is 5.73 Å². The van der Waals surface area contributed by atoms with Crippen molar-refractivity contribution in [2.75, 3.05) is 6.54 Å². The first kappa shape index (κ1) is 19.8. The molecule has 1 aliphatic heterocycles. The molecule has 0 bridgehead atoms. The van der Waals surface area contributed by atoms with E-state index >= 15 is 0 Å². The van der Waals surface area contributed by atoms with Crippen molar-refractivity contribution in [2.24, 2.45) is 35.3 Å². The van der Waals surface area contributed by atoms with Crippen LogP contribution in [0.2, 0.25) is 0 Å². The van der Waals surface area contributed by atoms with Crippen molar-refractivity contribution < 1.29 is 18.0 Å². The van der Waals surface area contributed by atoms with Gasteiger partial charge in [-0.1, -0.05) is 0 Å². The molecule has 162 valence electrons. The summed E-state index contributed by atoms with van der Waals surface area (Å²) in [6.45, 7) is -0.350. The molecule has 0 aromatic carbocycles. The minimum absolute atomic E-state index is 0.119. The van der Waals surface area contributed by atoms with E-state index < -0.39 is 18.0 Å². The van der Waals surface area contributed by atoms with Crippen LogP contribution in [0.3, 0.4) is 0 Å². The van der Waals surface area contributed by atoms with Gasteiger partial charge in [0.1, 0.15) is 0 Å². The maximum absolute atomic E-state index is 13.1. The van der Waals surface area contributed by atoms with Gasteiger partial charge in [-0.05, 0) is 62.0 Å². The van der Waals surface area contributed by atoms with Crippen LogP contribution < -0.4 is 11.1 Å². The zero-order valence-electron chi connectivity index (χ0n) is 16.6. The Morgan fingerprint density at radius 2 is 1.90 bits per heavy atom. The molecule has 1 saturated heterocycles. The van der Waals surface area contributed by atoms with E-state index in [1.807, 2.05) is 6.20 Å². The number of carbonyl (C=O) groups is 1. The third-order valence-corrected chi connectivity index (χ3v) is 6.86. The Balaban J connectivity index is 1.33. The van der Waals surface area contributed by atoms with E-state index in [0.717, 1.165) is 5.69 Å². The Kier molecular flexibility index (Phi) is 4.76. The highest BCUT2D eigenvalue weighted by Crippen LogP contribution is 2.53. The Hall–Kier alpha value is -2.16. The third-order valence-electron chi connectivity index (χ3n) is 6.86. The molecule has 1 amide bonds. The van der Waals surface area contributed by atoms with Gasteiger partial charge < -0.3 is 11.1 Å². The van der Waals surface area contributed by atoms with Gasteiger partial charge in [0.25, 0.3) is 0 Å². The first-order chi connectivity index (χ1) is 14.3. The number of hydrogen-bond acceptors (Lipinski definition) is 4. The minimum Gasteiger partial charge on any atom is -0.355 e. The fourth-order valence-electron chi connectivity index (χ4n) is 4.92. The summed E-state index contributed by atoms with van der Waals surface area (Å²) in [7, 11) is 0. The van der Waals surface area contributed by atoms with Crippen molar-refractivity contribution in [1.82, 2.24) is 19.9 Å². The Morgan fingerprint density at radius 3 is 2.53 bits per heavy atom. The minimum atomic E-state index is -4.31. The average molecular weight is 421 g/mol. The second-order valence-electron chi connectivity index (χ2n) is 9.19. The molecule has 0 spiro atoms. The maximum atomic E-state index is 13.1. The number of aromatic nitrogens is 3. The third kappa shape index (κ3) is 3.91. The number of nitrogens with one attached hydrogen (secondary N) is 1. The van der Waals surface area contributed by atoms with Gasteiger partial charge >= 0.3 is 6.18 Å². The highest BCUT2D eigenvalue weighted by Gasteiger charge is 2.46. The summed E-state index contributed by atoms with van der Waals surface area (Å²) < 4.78 is 40.8. The summed E-state index contributed by atoms with van der Waals surface area (Å²) >= 11 is 0. The number of rotatable bonds is 6. The van der Waals surface area contributed by atoms with Crippen LogP contribution in [-0.4, -0.2) is 33.2 Å². The summed E-state index contributed by atoms with van der Waals surface area (Å²) in [5.41, 5.74) is 8.64. The molecule has 9 heteroatoms. The predicted molar refractivity (Wildman–Crippen MR) is 103 cm³/mol. The Morgan fingerprint density at radius 1 is 1.20 bits per heavy atom. The van der Waals surface area contributed by atoms with E-state index in [1.165, 1.54) is 25.7 Å². The first-order valence-corrected chi connectivity index (χ1v) is 10.7. The molecule has 3 fully saturated rings. The van der Waals surface area contributed by atoms with Crippen LogP contribution in [0.15, 0.2) is 18.3 Å². The summed E-state index contributed by atoms with van der Waals surface area (Å²) in [4.78, 5) is 16.7. The van der Waals surface area contributed by atoms with E-state index in [1.54, 1.807) is 16.6 Å². The lowest BCUT2D eigenvalue weighted by atomic mass is 9.86. The molecular weight excluding hydrogens is 395 g/mol. The molecule has 3 atom stereocenters. The largest absolute Gasteiger partial charge is 0.393 e. The molecule has 3 aliphatic rings. The molecule has 3 N–H and O–H groups in total. The van der Waals surface area contributed by atoms with Crippen LogP contribution >= 0.6 is 0 Å². The van der Waals surface area contributed by atoms with Crippen LogP contribution in [0.1, 0.15) is 49.5 Å². The number of halogens is 3. The van der Waals surface area contributed by atoms with E-state index in [-0.39, 0.29) is 31.3 Å².